The van der Waals surface area contributed by atoms with Gasteiger partial charge in [-0.15, -0.1) is 0 Å². The largest absolute Gasteiger partial charge is 0.390 e. The summed E-state index contributed by atoms with van der Waals surface area (Å²) in [6.07, 6.45) is 0. The average Bonchev–Trinajstić information content (AvgIpc) is 2.77. The van der Waals surface area contributed by atoms with Crippen LogP contribution in [0.2, 0.25) is 5.02 Å². The molecule has 6 nitrogen and oxygen atoms in total. The number of amides is 2. The summed E-state index contributed by atoms with van der Waals surface area (Å²) in [5, 5.41) is 13.7. The zero-order chi connectivity index (χ0) is 25.3. The van der Waals surface area contributed by atoms with Crippen molar-refractivity contribution in [1.82, 2.24) is 10.2 Å². The second-order valence-electron chi connectivity index (χ2n) is 8.83. The number of hydrogen-bond acceptors (Lipinski definition) is 4. The highest BCUT2D eigenvalue weighted by Gasteiger charge is 2.53. The van der Waals surface area contributed by atoms with E-state index in [1.807, 2.05) is 26.0 Å². The SMILES string of the molecule is CNC(=O)c1cc(Cl)c(F)cc1NC(=O)C1(c2ccccc2C(C)C)CN(CC(F)(F)CO)C1. The van der Waals surface area contributed by atoms with Crippen molar-refractivity contribution in [3.63, 3.8) is 0 Å². The third-order valence-electron chi connectivity index (χ3n) is 5.99. The number of carbonyl (C=O) groups excluding carboxylic acids is 2. The van der Waals surface area contributed by atoms with Crippen molar-refractivity contribution in [2.24, 2.45) is 0 Å². The van der Waals surface area contributed by atoms with Crippen LogP contribution >= 0.6 is 11.6 Å². The highest BCUT2D eigenvalue weighted by atomic mass is 35.5. The fraction of sp³-hybridized carbons (Fsp3) is 0.417. The van der Waals surface area contributed by atoms with E-state index in [1.165, 1.54) is 11.9 Å². The highest BCUT2D eigenvalue weighted by Crippen LogP contribution is 2.41. The molecule has 2 aromatic carbocycles. The molecule has 1 aliphatic rings. The number of aliphatic hydroxyl groups excluding tert-OH is 1. The number of anilines is 1. The number of rotatable bonds is 8. The maximum atomic E-state index is 14.2. The molecule has 0 spiro atoms. The molecule has 0 aliphatic carbocycles. The Bertz CT molecular complexity index is 1090. The summed E-state index contributed by atoms with van der Waals surface area (Å²) in [5.74, 6) is -5.23. The first-order valence-corrected chi connectivity index (χ1v) is 11.1. The van der Waals surface area contributed by atoms with Gasteiger partial charge in [0.1, 0.15) is 12.4 Å². The molecule has 2 amide bonds. The van der Waals surface area contributed by atoms with Crippen LogP contribution in [-0.2, 0) is 10.2 Å². The van der Waals surface area contributed by atoms with Crippen LogP contribution < -0.4 is 10.6 Å². The Hall–Kier alpha value is -2.62. The number of likely N-dealkylation sites (tertiary alicyclic amines) is 1. The van der Waals surface area contributed by atoms with Crippen molar-refractivity contribution >= 4 is 29.1 Å². The summed E-state index contributed by atoms with van der Waals surface area (Å²) in [6, 6.07) is 9.33. The van der Waals surface area contributed by atoms with Crippen molar-refractivity contribution in [3.8, 4) is 0 Å². The summed E-state index contributed by atoms with van der Waals surface area (Å²) in [4.78, 5) is 27.4. The zero-order valence-electron chi connectivity index (χ0n) is 19.1. The summed E-state index contributed by atoms with van der Waals surface area (Å²) >= 11 is 5.83. The van der Waals surface area contributed by atoms with E-state index in [9.17, 15) is 22.8 Å². The van der Waals surface area contributed by atoms with Gasteiger partial charge in [-0.2, -0.15) is 0 Å². The summed E-state index contributed by atoms with van der Waals surface area (Å²) in [7, 11) is 1.39. The van der Waals surface area contributed by atoms with Gasteiger partial charge in [0, 0.05) is 20.1 Å². The van der Waals surface area contributed by atoms with E-state index in [4.69, 9.17) is 16.7 Å². The quantitative estimate of drug-likeness (QED) is 0.518. The summed E-state index contributed by atoms with van der Waals surface area (Å²) in [5.41, 5.74) is 0.217. The zero-order valence-corrected chi connectivity index (χ0v) is 19.8. The van der Waals surface area contributed by atoms with Gasteiger partial charge in [0.15, 0.2) is 0 Å². The lowest BCUT2D eigenvalue weighted by atomic mass is 9.69. The second-order valence-corrected chi connectivity index (χ2v) is 9.24. The molecular weight excluding hydrogens is 471 g/mol. The normalized spacial score (nSPS) is 15.7. The fourth-order valence-corrected chi connectivity index (χ4v) is 4.46. The number of hydrogen-bond donors (Lipinski definition) is 3. The summed E-state index contributed by atoms with van der Waals surface area (Å²) < 4.78 is 41.8. The molecule has 184 valence electrons. The molecule has 2 aromatic rings. The predicted octanol–water partition coefficient (Wildman–Crippen LogP) is 3.78. The van der Waals surface area contributed by atoms with E-state index in [0.29, 0.717) is 5.56 Å². The standard InChI is InChI=1S/C24H27ClF3N3O3/c1-14(2)15-6-4-5-7-17(15)23(10-31(11-23)12-24(27,28)13-32)22(34)30-20-9-19(26)18(25)8-16(20)21(33)29-3/h4-9,14,32H,10-13H2,1-3H3,(H,29,33)(H,30,34). The minimum Gasteiger partial charge on any atom is -0.390 e. The molecular formula is C24H27ClF3N3O3. The van der Waals surface area contributed by atoms with Crippen molar-refractivity contribution in [3.05, 3.63) is 63.9 Å². The van der Waals surface area contributed by atoms with Crippen LogP contribution in [0, 0.1) is 5.82 Å². The molecule has 0 unspecified atom stereocenters. The molecule has 0 atom stereocenters. The van der Waals surface area contributed by atoms with Crippen molar-refractivity contribution < 1.29 is 27.9 Å². The van der Waals surface area contributed by atoms with Crippen molar-refractivity contribution in [2.45, 2.75) is 31.1 Å². The Balaban J connectivity index is 2.02. The van der Waals surface area contributed by atoms with E-state index >= 15 is 0 Å². The van der Waals surface area contributed by atoms with Gasteiger partial charge < -0.3 is 15.7 Å². The van der Waals surface area contributed by atoms with Crippen molar-refractivity contribution in [2.75, 3.05) is 38.6 Å². The number of alkyl halides is 2. The third kappa shape index (κ3) is 5.06. The molecule has 1 fully saturated rings. The van der Waals surface area contributed by atoms with E-state index in [-0.39, 0.29) is 35.3 Å². The van der Waals surface area contributed by atoms with Crippen LogP contribution in [0.25, 0.3) is 0 Å². The molecule has 0 aromatic heterocycles. The Kier molecular flexibility index (Phi) is 7.59. The van der Waals surface area contributed by atoms with Crippen molar-refractivity contribution in [1.29, 1.82) is 0 Å². The number of aliphatic hydroxyl groups is 1. The molecule has 3 rings (SSSR count). The minimum atomic E-state index is -3.31. The molecule has 10 heteroatoms. The fourth-order valence-electron chi connectivity index (χ4n) is 4.29. The van der Waals surface area contributed by atoms with Gasteiger partial charge in [0.2, 0.25) is 5.91 Å². The Morgan fingerprint density at radius 2 is 1.88 bits per heavy atom. The third-order valence-corrected chi connectivity index (χ3v) is 6.28. The van der Waals surface area contributed by atoms with Crippen LogP contribution in [0.5, 0.6) is 0 Å². The van der Waals surface area contributed by atoms with Gasteiger partial charge in [-0.05, 0) is 29.2 Å². The van der Waals surface area contributed by atoms with Gasteiger partial charge in [0.05, 0.1) is 28.2 Å². The highest BCUT2D eigenvalue weighted by molar-refractivity contribution is 6.31. The molecule has 1 heterocycles. The van der Waals surface area contributed by atoms with Gasteiger partial charge in [-0.25, -0.2) is 13.2 Å². The maximum absolute atomic E-state index is 14.2. The first-order chi connectivity index (χ1) is 15.9. The Labute approximate surface area is 201 Å². The van der Waals surface area contributed by atoms with E-state index < -0.39 is 42.1 Å². The van der Waals surface area contributed by atoms with Gasteiger partial charge >= 0.3 is 0 Å². The molecule has 1 aliphatic heterocycles. The average molecular weight is 498 g/mol. The molecule has 0 bridgehead atoms. The smallest absolute Gasteiger partial charge is 0.283 e. The molecule has 0 saturated carbocycles. The number of nitrogens with zero attached hydrogens (tertiary/aromatic N) is 1. The first kappa shape index (κ1) is 26.0. The number of nitrogens with one attached hydrogen (secondary N) is 2. The van der Waals surface area contributed by atoms with Crippen LogP contribution in [0.15, 0.2) is 36.4 Å². The predicted molar refractivity (Wildman–Crippen MR) is 124 cm³/mol. The lowest BCUT2D eigenvalue weighted by molar-refractivity contribution is -0.135. The summed E-state index contributed by atoms with van der Waals surface area (Å²) in [6.45, 7) is 1.83. The van der Waals surface area contributed by atoms with Gasteiger partial charge in [-0.1, -0.05) is 49.7 Å². The number of benzene rings is 2. The second kappa shape index (κ2) is 9.93. The van der Waals surface area contributed by atoms with Gasteiger partial charge in [-0.3, -0.25) is 14.5 Å². The van der Waals surface area contributed by atoms with E-state index in [0.717, 1.165) is 17.7 Å². The maximum Gasteiger partial charge on any atom is 0.283 e. The van der Waals surface area contributed by atoms with Crippen LogP contribution in [0.3, 0.4) is 0 Å². The van der Waals surface area contributed by atoms with Gasteiger partial charge in [0.25, 0.3) is 11.8 Å². The molecule has 1 saturated heterocycles. The number of carbonyl (C=O) groups is 2. The molecule has 34 heavy (non-hydrogen) atoms. The van der Waals surface area contributed by atoms with Crippen LogP contribution in [-0.4, -0.2) is 61.0 Å². The molecule has 0 radical (unpaired) electrons. The van der Waals surface area contributed by atoms with E-state index in [1.54, 1.807) is 12.1 Å². The van der Waals surface area contributed by atoms with E-state index in [2.05, 4.69) is 10.6 Å². The van der Waals surface area contributed by atoms with Crippen LogP contribution in [0.1, 0.15) is 41.3 Å². The monoisotopic (exact) mass is 497 g/mol. The lowest BCUT2D eigenvalue weighted by Crippen LogP contribution is -2.67. The minimum absolute atomic E-state index is 0.0301. The Morgan fingerprint density at radius 1 is 1.24 bits per heavy atom. The topological polar surface area (TPSA) is 81.7 Å². The lowest BCUT2D eigenvalue weighted by Gasteiger charge is -2.50. The molecule has 3 N–H and O–H groups in total. The van der Waals surface area contributed by atoms with Crippen LogP contribution in [0.4, 0.5) is 18.9 Å². The number of halogens is 4. The Morgan fingerprint density at radius 3 is 2.47 bits per heavy atom. The first-order valence-electron chi connectivity index (χ1n) is 10.8.